The molecule has 1 saturated heterocycles. The summed E-state index contributed by atoms with van der Waals surface area (Å²) in [5.74, 6) is -0.841. The minimum Gasteiger partial charge on any atom is -0.314 e. The molecule has 3 rings (SSSR count). The average Bonchev–Trinajstić information content (AvgIpc) is 2.42. The fourth-order valence-corrected chi connectivity index (χ4v) is 3.35. The first-order chi connectivity index (χ1) is 9.68. The van der Waals surface area contributed by atoms with Gasteiger partial charge < -0.3 is 5.32 Å². The van der Waals surface area contributed by atoms with Gasteiger partial charge in [0.1, 0.15) is 0 Å². The lowest BCUT2D eigenvalue weighted by Crippen LogP contribution is -2.48. The highest BCUT2D eigenvalue weighted by molar-refractivity contribution is 5.85. The third kappa shape index (κ3) is 3.22. The molecule has 1 saturated carbocycles. The van der Waals surface area contributed by atoms with Crippen LogP contribution in [0.3, 0.4) is 0 Å². The zero-order valence-electron chi connectivity index (χ0n) is 12.4. The van der Waals surface area contributed by atoms with Crippen molar-refractivity contribution >= 4 is 12.4 Å². The maximum atomic E-state index is 14.4. The van der Waals surface area contributed by atoms with Crippen LogP contribution in [0.4, 0.5) is 8.78 Å². The van der Waals surface area contributed by atoms with E-state index in [1.165, 1.54) is 6.42 Å². The highest BCUT2D eigenvalue weighted by Crippen LogP contribution is 2.42. The van der Waals surface area contributed by atoms with Crippen LogP contribution in [0, 0.1) is 24.5 Å². The summed E-state index contributed by atoms with van der Waals surface area (Å²) in [6.07, 6.45) is 3.47. The smallest absolute Gasteiger partial charge is 0.163 e. The molecule has 118 valence electrons. The highest BCUT2D eigenvalue weighted by Gasteiger charge is 2.35. The van der Waals surface area contributed by atoms with Crippen molar-refractivity contribution in [2.75, 3.05) is 26.2 Å². The predicted molar refractivity (Wildman–Crippen MR) is 82.9 cm³/mol. The van der Waals surface area contributed by atoms with Crippen LogP contribution in [-0.4, -0.2) is 31.1 Å². The van der Waals surface area contributed by atoms with Gasteiger partial charge >= 0.3 is 0 Å². The van der Waals surface area contributed by atoms with Crippen molar-refractivity contribution in [1.29, 1.82) is 0 Å². The average molecular weight is 317 g/mol. The van der Waals surface area contributed by atoms with E-state index in [4.69, 9.17) is 0 Å². The number of halogens is 3. The molecule has 21 heavy (non-hydrogen) atoms. The van der Waals surface area contributed by atoms with Crippen LogP contribution in [0.25, 0.3) is 0 Å². The van der Waals surface area contributed by atoms with Crippen molar-refractivity contribution in [3.8, 4) is 0 Å². The molecule has 1 atom stereocenters. The predicted octanol–water partition coefficient (Wildman–Crippen LogP) is 3.44. The topological polar surface area (TPSA) is 15.3 Å². The monoisotopic (exact) mass is 316 g/mol. The van der Waals surface area contributed by atoms with Crippen LogP contribution < -0.4 is 5.32 Å². The first-order valence-corrected chi connectivity index (χ1v) is 7.57. The minimum absolute atomic E-state index is 0. The van der Waals surface area contributed by atoms with Gasteiger partial charge in [0.05, 0.1) is 0 Å². The lowest BCUT2D eigenvalue weighted by molar-refractivity contribution is 0.0806. The Kier molecular flexibility index (Phi) is 5.58. The summed E-state index contributed by atoms with van der Waals surface area (Å²) in [6.45, 7) is 5.30. The lowest BCUT2D eigenvalue weighted by Gasteiger charge is -2.43. The third-order valence-electron chi connectivity index (χ3n) is 4.77. The number of aryl methyl sites for hydroxylation is 1. The molecule has 0 unspecified atom stereocenters. The van der Waals surface area contributed by atoms with E-state index in [9.17, 15) is 8.78 Å². The molecule has 1 aliphatic heterocycles. The zero-order chi connectivity index (χ0) is 14.1. The van der Waals surface area contributed by atoms with Gasteiger partial charge in [-0.1, -0.05) is 18.6 Å². The maximum Gasteiger partial charge on any atom is 0.163 e. The highest BCUT2D eigenvalue weighted by atomic mass is 35.5. The van der Waals surface area contributed by atoms with Crippen molar-refractivity contribution in [2.45, 2.75) is 32.2 Å². The van der Waals surface area contributed by atoms with Crippen LogP contribution in [0.15, 0.2) is 12.1 Å². The first kappa shape index (κ1) is 16.7. The maximum absolute atomic E-state index is 14.4. The van der Waals surface area contributed by atoms with Crippen molar-refractivity contribution in [3.63, 3.8) is 0 Å². The zero-order valence-corrected chi connectivity index (χ0v) is 13.2. The lowest BCUT2D eigenvalue weighted by atomic mass is 9.76. The van der Waals surface area contributed by atoms with Gasteiger partial charge in [-0.3, -0.25) is 4.90 Å². The summed E-state index contributed by atoms with van der Waals surface area (Å²) in [5.41, 5.74) is 0.943. The molecule has 2 nitrogen and oxygen atoms in total. The van der Waals surface area contributed by atoms with Crippen LogP contribution in [0.1, 0.15) is 36.4 Å². The molecule has 2 aliphatic rings. The summed E-state index contributed by atoms with van der Waals surface area (Å²) in [4.78, 5) is 2.33. The second kappa shape index (κ2) is 7.03. The molecule has 2 fully saturated rings. The first-order valence-electron chi connectivity index (χ1n) is 7.57. The molecule has 0 spiro atoms. The second-order valence-electron chi connectivity index (χ2n) is 6.02. The Morgan fingerprint density at radius 2 is 1.81 bits per heavy atom. The summed E-state index contributed by atoms with van der Waals surface area (Å²) < 4.78 is 28.3. The van der Waals surface area contributed by atoms with Crippen molar-refractivity contribution < 1.29 is 8.78 Å². The molecular weight excluding hydrogens is 294 g/mol. The van der Waals surface area contributed by atoms with Crippen molar-refractivity contribution in [1.82, 2.24) is 10.2 Å². The van der Waals surface area contributed by atoms with Crippen LogP contribution in [0.2, 0.25) is 0 Å². The number of nitrogens with zero attached hydrogens (tertiary/aromatic N) is 1. The Morgan fingerprint density at radius 1 is 1.14 bits per heavy atom. The number of hydrogen-bond donors (Lipinski definition) is 1. The molecule has 0 amide bonds. The quantitative estimate of drug-likeness (QED) is 0.919. The SMILES string of the molecule is Cc1ccc([C@@H](C2CCC2)N2CCNCC2)c(F)c1F.Cl. The third-order valence-corrected chi connectivity index (χ3v) is 4.77. The van der Waals surface area contributed by atoms with E-state index in [1.54, 1.807) is 19.1 Å². The van der Waals surface area contributed by atoms with Crippen molar-refractivity contribution in [3.05, 3.63) is 34.9 Å². The van der Waals surface area contributed by atoms with Gasteiger partial charge in [-0.15, -0.1) is 12.4 Å². The number of piperazine rings is 1. The van der Waals surface area contributed by atoms with E-state index in [2.05, 4.69) is 10.2 Å². The van der Waals surface area contributed by atoms with Crippen LogP contribution >= 0.6 is 12.4 Å². The van der Waals surface area contributed by atoms with Gasteiger partial charge in [-0.2, -0.15) is 0 Å². The molecule has 1 aromatic carbocycles. The summed E-state index contributed by atoms with van der Waals surface area (Å²) in [6, 6.07) is 3.54. The van der Waals surface area contributed by atoms with Gasteiger partial charge in [0.2, 0.25) is 0 Å². The van der Waals surface area contributed by atoms with Gasteiger partial charge in [0, 0.05) is 37.8 Å². The Balaban J connectivity index is 0.00000161. The van der Waals surface area contributed by atoms with E-state index in [1.807, 2.05) is 0 Å². The Morgan fingerprint density at radius 3 is 2.38 bits per heavy atom. The van der Waals surface area contributed by atoms with Crippen LogP contribution in [0.5, 0.6) is 0 Å². The summed E-state index contributed by atoms with van der Waals surface area (Å²) in [5, 5.41) is 3.32. The number of hydrogen-bond acceptors (Lipinski definition) is 2. The molecule has 1 N–H and O–H groups in total. The molecule has 0 radical (unpaired) electrons. The van der Waals surface area contributed by atoms with Crippen LogP contribution in [-0.2, 0) is 0 Å². The molecule has 0 bridgehead atoms. The molecule has 0 aromatic heterocycles. The van der Waals surface area contributed by atoms with Gasteiger partial charge in [-0.05, 0) is 31.2 Å². The second-order valence-corrected chi connectivity index (χ2v) is 6.02. The van der Waals surface area contributed by atoms with E-state index in [0.717, 1.165) is 39.0 Å². The van der Waals surface area contributed by atoms with E-state index in [0.29, 0.717) is 17.0 Å². The summed E-state index contributed by atoms with van der Waals surface area (Å²) >= 11 is 0. The molecule has 5 heteroatoms. The van der Waals surface area contributed by atoms with Crippen molar-refractivity contribution in [2.24, 2.45) is 5.92 Å². The number of rotatable bonds is 3. The molecule has 1 heterocycles. The number of benzene rings is 1. The largest absolute Gasteiger partial charge is 0.314 e. The molecule has 1 aromatic rings. The Labute approximate surface area is 131 Å². The molecule has 1 aliphatic carbocycles. The Bertz CT molecular complexity index is 485. The number of nitrogens with one attached hydrogen (secondary N) is 1. The summed E-state index contributed by atoms with van der Waals surface area (Å²) in [7, 11) is 0. The minimum atomic E-state index is -0.679. The Hall–Kier alpha value is -0.710. The molecular formula is C16H23ClF2N2. The fraction of sp³-hybridized carbons (Fsp3) is 0.625. The van der Waals surface area contributed by atoms with Gasteiger partial charge in [0.15, 0.2) is 11.6 Å². The van der Waals surface area contributed by atoms with Gasteiger partial charge in [-0.25, -0.2) is 8.78 Å². The van der Waals surface area contributed by atoms with E-state index < -0.39 is 11.6 Å². The van der Waals surface area contributed by atoms with E-state index >= 15 is 0 Å². The normalized spacial score (nSPS) is 21.5. The fourth-order valence-electron chi connectivity index (χ4n) is 3.35. The standard InChI is InChI=1S/C16H22F2N2.ClH/c1-11-5-6-13(15(18)14(11)17)16(12-3-2-4-12)20-9-7-19-8-10-20;/h5-6,12,16,19H,2-4,7-10H2,1H3;1H/t16-;/m1./s1. The van der Waals surface area contributed by atoms with E-state index in [-0.39, 0.29) is 18.4 Å². The van der Waals surface area contributed by atoms with Gasteiger partial charge in [0.25, 0.3) is 0 Å².